The van der Waals surface area contributed by atoms with Gasteiger partial charge in [-0.2, -0.15) is 0 Å². The van der Waals surface area contributed by atoms with Crippen molar-refractivity contribution in [3.05, 3.63) is 29.3 Å². The topological polar surface area (TPSA) is 52.5 Å². The van der Waals surface area contributed by atoms with E-state index >= 15 is 0 Å². The largest absolute Gasteiger partial charge is 0.507 e. The van der Waals surface area contributed by atoms with Crippen molar-refractivity contribution in [1.29, 1.82) is 0 Å². The first-order valence-electron chi connectivity index (χ1n) is 5.81. The van der Waals surface area contributed by atoms with Crippen molar-refractivity contribution < 1.29 is 10.2 Å². The van der Waals surface area contributed by atoms with Gasteiger partial charge in [0.05, 0.1) is 5.60 Å². The van der Waals surface area contributed by atoms with E-state index in [1.807, 2.05) is 25.1 Å². The Morgan fingerprint density at radius 3 is 2.75 bits per heavy atom. The molecule has 0 spiro atoms. The molecule has 0 unspecified atom stereocenters. The van der Waals surface area contributed by atoms with Crippen molar-refractivity contribution in [3.63, 3.8) is 0 Å². The van der Waals surface area contributed by atoms with E-state index in [9.17, 15) is 10.2 Å². The average Bonchev–Trinajstić information content (AvgIpc) is 2.22. The van der Waals surface area contributed by atoms with Crippen molar-refractivity contribution in [3.8, 4) is 5.75 Å². The first-order valence-corrected chi connectivity index (χ1v) is 5.81. The maximum absolute atomic E-state index is 9.89. The summed E-state index contributed by atoms with van der Waals surface area (Å²) >= 11 is 0. The van der Waals surface area contributed by atoms with Crippen molar-refractivity contribution in [1.82, 2.24) is 5.32 Å². The third kappa shape index (κ3) is 2.36. The number of para-hydroxylation sites is 1. The molecule has 0 radical (unpaired) electrons. The van der Waals surface area contributed by atoms with Crippen LogP contribution in [-0.4, -0.2) is 22.4 Å². The molecule has 88 valence electrons. The van der Waals surface area contributed by atoms with Gasteiger partial charge in [0, 0.05) is 18.7 Å². The molecular formula is C13H19NO2. The fourth-order valence-corrected chi connectivity index (χ4v) is 2.05. The van der Waals surface area contributed by atoms with Crippen LogP contribution in [0.2, 0.25) is 0 Å². The lowest BCUT2D eigenvalue weighted by molar-refractivity contribution is -0.0315. The fraction of sp³-hybridized carbons (Fsp3) is 0.538. The monoisotopic (exact) mass is 221 g/mol. The Bertz CT molecular complexity index is 372. The van der Waals surface area contributed by atoms with Crippen LogP contribution in [0, 0.1) is 6.92 Å². The summed E-state index contributed by atoms with van der Waals surface area (Å²) in [6, 6.07) is 5.72. The molecule has 1 aromatic carbocycles. The van der Waals surface area contributed by atoms with E-state index in [4.69, 9.17) is 0 Å². The molecule has 0 heterocycles. The number of phenols is 1. The molecule has 3 heteroatoms. The highest BCUT2D eigenvalue weighted by Gasteiger charge is 2.33. The van der Waals surface area contributed by atoms with Gasteiger partial charge in [0.15, 0.2) is 0 Å². The standard InChI is InChI=1S/C13H19NO2/c1-10-4-2-5-11(12(10)15)8-14-9-13(16)6-3-7-13/h2,4-5,14-16H,3,6-9H2,1H3. The van der Waals surface area contributed by atoms with E-state index in [2.05, 4.69) is 5.32 Å². The third-order valence-corrected chi connectivity index (χ3v) is 3.38. The van der Waals surface area contributed by atoms with E-state index < -0.39 is 5.60 Å². The number of phenolic OH excluding ortho intramolecular Hbond substituents is 1. The van der Waals surface area contributed by atoms with E-state index in [1.54, 1.807) is 0 Å². The maximum Gasteiger partial charge on any atom is 0.122 e. The van der Waals surface area contributed by atoms with Crippen LogP contribution >= 0.6 is 0 Å². The quantitative estimate of drug-likeness (QED) is 0.725. The zero-order valence-electron chi connectivity index (χ0n) is 9.66. The molecule has 0 amide bonds. The Morgan fingerprint density at radius 2 is 2.12 bits per heavy atom. The molecule has 3 N–H and O–H groups in total. The summed E-state index contributed by atoms with van der Waals surface area (Å²) in [7, 11) is 0. The summed E-state index contributed by atoms with van der Waals surface area (Å²) in [5.74, 6) is 0.357. The molecule has 1 aromatic rings. The van der Waals surface area contributed by atoms with Crippen LogP contribution in [0.1, 0.15) is 30.4 Å². The molecular weight excluding hydrogens is 202 g/mol. The predicted octanol–water partition coefficient (Wildman–Crippen LogP) is 1.71. The molecule has 2 rings (SSSR count). The van der Waals surface area contributed by atoms with E-state index in [0.29, 0.717) is 18.8 Å². The van der Waals surface area contributed by atoms with Crippen LogP contribution in [0.15, 0.2) is 18.2 Å². The highest BCUT2D eigenvalue weighted by atomic mass is 16.3. The SMILES string of the molecule is Cc1cccc(CNCC2(O)CCC2)c1O. The van der Waals surface area contributed by atoms with Crippen molar-refractivity contribution in [2.24, 2.45) is 0 Å². The van der Waals surface area contributed by atoms with E-state index in [1.165, 1.54) is 0 Å². The molecule has 0 bridgehead atoms. The zero-order valence-corrected chi connectivity index (χ0v) is 9.66. The molecule has 0 saturated heterocycles. The number of aromatic hydroxyl groups is 1. The molecule has 16 heavy (non-hydrogen) atoms. The number of hydrogen-bond donors (Lipinski definition) is 3. The summed E-state index contributed by atoms with van der Waals surface area (Å²) in [6.45, 7) is 3.11. The smallest absolute Gasteiger partial charge is 0.122 e. The highest BCUT2D eigenvalue weighted by molar-refractivity contribution is 5.39. The minimum Gasteiger partial charge on any atom is -0.507 e. The fourth-order valence-electron chi connectivity index (χ4n) is 2.05. The summed E-state index contributed by atoms with van der Waals surface area (Å²) in [5.41, 5.74) is 1.28. The van der Waals surface area contributed by atoms with Crippen LogP contribution in [0.5, 0.6) is 5.75 Å². The van der Waals surface area contributed by atoms with E-state index in [-0.39, 0.29) is 0 Å². The summed E-state index contributed by atoms with van der Waals surface area (Å²) in [5, 5.41) is 22.9. The van der Waals surface area contributed by atoms with Gasteiger partial charge in [0.1, 0.15) is 5.75 Å². The molecule has 0 atom stereocenters. The van der Waals surface area contributed by atoms with Gasteiger partial charge >= 0.3 is 0 Å². The van der Waals surface area contributed by atoms with Gasteiger partial charge in [-0.3, -0.25) is 0 Å². The number of benzene rings is 1. The van der Waals surface area contributed by atoms with Crippen LogP contribution in [0.4, 0.5) is 0 Å². The lowest BCUT2D eigenvalue weighted by atomic mass is 9.80. The van der Waals surface area contributed by atoms with Crippen LogP contribution in [-0.2, 0) is 6.54 Å². The van der Waals surface area contributed by atoms with Gasteiger partial charge in [-0.25, -0.2) is 0 Å². The Hall–Kier alpha value is -1.06. The van der Waals surface area contributed by atoms with Crippen molar-refractivity contribution in [2.45, 2.75) is 38.3 Å². The average molecular weight is 221 g/mol. The van der Waals surface area contributed by atoms with E-state index in [0.717, 1.165) is 30.4 Å². The van der Waals surface area contributed by atoms with Gasteiger partial charge in [0.2, 0.25) is 0 Å². The number of rotatable bonds is 4. The minimum absolute atomic E-state index is 0.357. The third-order valence-electron chi connectivity index (χ3n) is 3.38. The Labute approximate surface area is 96.1 Å². The Kier molecular flexibility index (Phi) is 3.17. The van der Waals surface area contributed by atoms with Crippen molar-refractivity contribution >= 4 is 0 Å². The Balaban J connectivity index is 1.87. The van der Waals surface area contributed by atoms with Gasteiger partial charge < -0.3 is 15.5 Å². The molecule has 0 aliphatic heterocycles. The normalized spacial score (nSPS) is 18.1. The summed E-state index contributed by atoms with van der Waals surface area (Å²) in [6.07, 6.45) is 2.90. The number of aryl methyl sites for hydroxylation is 1. The number of nitrogens with one attached hydrogen (secondary N) is 1. The predicted molar refractivity (Wildman–Crippen MR) is 63.4 cm³/mol. The maximum atomic E-state index is 9.89. The zero-order chi connectivity index (χ0) is 11.6. The Morgan fingerprint density at radius 1 is 1.38 bits per heavy atom. The first-order chi connectivity index (χ1) is 7.61. The minimum atomic E-state index is -0.501. The van der Waals surface area contributed by atoms with Gasteiger partial charge in [-0.05, 0) is 31.7 Å². The molecule has 1 saturated carbocycles. The summed E-state index contributed by atoms with van der Waals surface area (Å²) < 4.78 is 0. The lowest BCUT2D eigenvalue weighted by Gasteiger charge is -2.36. The van der Waals surface area contributed by atoms with Crippen LogP contribution < -0.4 is 5.32 Å². The number of hydrogen-bond acceptors (Lipinski definition) is 3. The summed E-state index contributed by atoms with van der Waals surface area (Å²) in [4.78, 5) is 0. The van der Waals surface area contributed by atoms with Gasteiger partial charge in [-0.1, -0.05) is 18.2 Å². The molecule has 1 aliphatic rings. The number of aliphatic hydroxyl groups is 1. The van der Waals surface area contributed by atoms with Crippen molar-refractivity contribution in [2.75, 3.05) is 6.54 Å². The van der Waals surface area contributed by atoms with Gasteiger partial charge in [0.25, 0.3) is 0 Å². The molecule has 3 nitrogen and oxygen atoms in total. The molecule has 0 aromatic heterocycles. The molecule has 1 aliphatic carbocycles. The highest BCUT2D eigenvalue weighted by Crippen LogP contribution is 2.30. The second kappa shape index (κ2) is 4.44. The lowest BCUT2D eigenvalue weighted by Crippen LogP contribution is -2.45. The first kappa shape index (κ1) is 11.4. The second-order valence-corrected chi connectivity index (χ2v) is 4.76. The van der Waals surface area contributed by atoms with Crippen LogP contribution in [0.25, 0.3) is 0 Å². The molecule has 1 fully saturated rings. The second-order valence-electron chi connectivity index (χ2n) is 4.76. The van der Waals surface area contributed by atoms with Gasteiger partial charge in [-0.15, -0.1) is 0 Å². The van der Waals surface area contributed by atoms with Crippen LogP contribution in [0.3, 0.4) is 0 Å².